The van der Waals surface area contributed by atoms with Crippen molar-refractivity contribution in [2.45, 2.75) is 32.8 Å². The first-order valence-corrected chi connectivity index (χ1v) is 9.52. The number of nitrogens with zero attached hydrogens (tertiary/aromatic N) is 3. The number of ether oxygens (including phenoxy) is 1. The molecule has 0 fully saturated rings. The molecule has 1 aliphatic rings. The molecule has 6 nitrogen and oxygen atoms in total. The van der Waals surface area contributed by atoms with Gasteiger partial charge >= 0.3 is 0 Å². The fourth-order valence-corrected chi connectivity index (χ4v) is 3.38. The summed E-state index contributed by atoms with van der Waals surface area (Å²) in [6.07, 6.45) is 2.03. The van der Waals surface area contributed by atoms with E-state index in [1.807, 2.05) is 26.0 Å². The zero-order valence-corrected chi connectivity index (χ0v) is 17.3. The Kier molecular flexibility index (Phi) is 6.53. The second-order valence-electron chi connectivity index (χ2n) is 7.15. The van der Waals surface area contributed by atoms with Crippen LogP contribution in [0.2, 0.25) is 0 Å². The SMILES string of the molecule is CC(C)Oc1ccc(-c2nc(-c3ccc4c(c3)CCNCC4)no2)cc1C#N.Cl. The molecule has 0 saturated heterocycles. The predicted molar refractivity (Wildman–Crippen MR) is 113 cm³/mol. The van der Waals surface area contributed by atoms with Crippen LogP contribution in [-0.4, -0.2) is 29.3 Å². The maximum Gasteiger partial charge on any atom is 0.258 e. The number of hydrogen-bond donors (Lipinski definition) is 1. The highest BCUT2D eigenvalue weighted by atomic mass is 35.5. The molecule has 1 aliphatic heterocycles. The van der Waals surface area contributed by atoms with E-state index in [2.05, 4.69) is 33.7 Å². The maximum atomic E-state index is 9.42. The Bertz CT molecular complexity index is 1040. The highest BCUT2D eigenvalue weighted by molar-refractivity contribution is 5.85. The monoisotopic (exact) mass is 410 g/mol. The van der Waals surface area contributed by atoms with E-state index in [0.29, 0.717) is 28.6 Å². The van der Waals surface area contributed by atoms with E-state index in [1.165, 1.54) is 11.1 Å². The molecule has 0 saturated carbocycles. The number of fused-ring (bicyclic) bond motifs is 1. The fourth-order valence-electron chi connectivity index (χ4n) is 3.38. The van der Waals surface area contributed by atoms with Gasteiger partial charge in [0.2, 0.25) is 5.82 Å². The number of nitrogens with one attached hydrogen (secondary N) is 1. The van der Waals surface area contributed by atoms with Crippen LogP contribution in [0.15, 0.2) is 40.9 Å². The molecule has 2 aromatic carbocycles. The number of rotatable bonds is 4. The van der Waals surface area contributed by atoms with Gasteiger partial charge in [-0.1, -0.05) is 17.3 Å². The van der Waals surface area contributed by atoms with Crippen molar-refractivity contribution in [3.05, 3.63) is 53.1 Å². The minimum atomic E-state index is -0.00336. The molecule has 2 heterocycles. The summed E-state index contributed by atoms with van der Waals surface area (Å²) in [4.78, 5) is 4.55. The van der Waals surface area contributed by atoms with Gasteiger partial charge in [0, 0.05) is 11.1 Å². The lowest BCUT2D eigenvalue weighted by Crippen LogP contribution is -2.16. The second-order valence-corrected chi connectivity index (χ2v) is 7.15. The summed E-state index contributed by atoms with van der Waals surface area (Å²) in [6, 6.07) is 13.8. The summed E-state index contributed by atoms with van der Waals surface area (Å²) in [6.45, 7) is 5.85. The van der Waals surface area contributed by atoms with Crippen LogP contribution in [0.25, 0.3) is 22.8 Å². The van der Waals surface area contributed by atoms with E-state index >= 15 is 0 Å². The van der Waals surface area contributed by atoms with Crippen LogP contribution in [-0.2, 0) is 12.8 Å². The summed E-state index contributed by atoms with van der Waals surface area (Å²) in [5, 5.41) is 17.0. The Morgan fingerprint density at radius 2 is 1.83 bits per heavy atom. The molecule has 0 amide bonds. The highest BCUT2D eigenvalue weighted by Gasteiger charge is 2.15. The first kappa shape index (κ1) is 20.8. The molecular formula is C22H23ClN4O2. The van der Waals surface area contributed by atoms with Crippen molar-refractivity contribution in [2.24, 2.45) is 0 Å². The number of aromatic nitrogens is 2. The number of halogens is 1. The van der Waals surface area contributed by atoms with Gasteiger partial charge in [-0.05, 0) is 75.2 Å². The molecule has 4 rings (SSSR count). The van der Waals surface area contributed by atoms with Gasteiger partial charge in [0.1, 0.15) is 11.8 Å². The Labute approximate surface area is 176 Å². The van der Waals surface area contributed by atoms with Gasteiger partial charge < -0.3 is 14.6 Å². The average molecular weight is 411 g/mol. The Morgan fingerprint density at radius 1 is 1.07 bits per heavy atom. The number of hydrogen-bond acceptors (Lipinski definition) is 6. The zero-order valence-electron chi connectivity index (χ0n) is 16.4. The summed E-state index contributed by atoms with van der Waals surface area (Å²) < 4.78 is 11.1. The lowest BCUT2D eigenvalue weighted by Gasteiger charge is -2.11. The van der Waals surface area contributed by atoms with Crippen molar-refractivity contribution < 1.29 is 9.26 Å². The van der Waals surface area contributed by atoms with E-state index in [1.54, 1.807) is 12.1 Å². The third-order valence-corrected chi connectivity index (χ3v) is 4.74. The van der Waals surface area contributed by atoms with E-state index in [0.717, 1.165) is 31.5 Å². The predicted octanol–water partition coefficient (Wildman–Crippen LogP) is 4.17. The van der Waals surface area contributed by atoms with Gasteiger partial charge in [0.15, 0.2) is 0 Å². The van der Waals surface area contributed by atoms with Gasteiger partial charge in [-0.25, -0.2) is 0 Å². The smallest absolute Gasteiger partial charge is 0.258 e. The van der Waals surface area contributed by atoms with Crippen LogP contribution in [0.4, 0.5) is 0 Å². The molecule has 3 aromatic rings. The van der Waals surface area contributed by atoms with Crippen molar-refractivity contribution in [3.63, 3.8) is 0 Å². The van der Waals surface area contributed by atoms with Crippen molar-refractivity contribution in [2.75, 3.05) is 13.1 Å². The molecule has 150 valence electrons. The Morgan fingerprint density at radius 3 is 2.59 bits per heavy atom. The molecule has 0 spiro atoms. The van der Waals surface area contributed by atoms with E-state index < -0.39 is 0 Å². The van der Waals surface area contributed by atoms with Gasteiger partial charge in [0.25, 0.3) is 5.89 Å². The van der Waals surface area contributed by atoms with Gasteiger partial charge in [-0.3, -0.25) is 0 Å². The lowest BCUT2D eigenvalue weighted by atomic mass is 10.00. The third-order valence-electron chi connectivity index (χ3n) is 4.74. The van der Waals surface area contributed by atoms with Crippen LogP contribution in [0.1, 0.15) is 30.5 Å². The zero-order chi connectivity index (χ0) is 19.5. The minimum Gasteiger partial charge on any atom is -0.490 e. The molecule has 0 unspecified atom stereocenters. The van der Waals surface area contributed by atoms with E-state index in [-0.39, 0.29) is 18.5 Å². The molecule has 1 aromatic heterocycles. The fraction of sp³-hybridized carbons (Fsp3) is 0.318. The number of benzene rings is 2. The molecular weight excluding hydrogens is 388 g/mol. The molecule has 1 N–H and O–H groups in total. The van der Waals surface area contributed by atoms with Gasteiger partial charge in [-0.15, -0.1) is 12.4 Å². The largest absolute Gasteiger partial charge is 0.490 e. The molecule has 7 heteroatoms. The summed E-state index contributed by atoms with van der Waals surface area (Å²) in [5.41, 5.74) is 4.79. The molecule has 0 bridgehead atoms. The van der Waals surface area contributed by atoms with Crippen LogP contribution in [0, 0.1) is 11.3 Å². The molecule has 0 atom stereocenters. The minimum absolute atomic E-state index is 0. The van der Waals surface area contributed by atoms with Crippen LogP contribution >= 0.6 is 12.4 Å². The number of nitriles is 1. The van der Waals surface area contributed by atoms with Gasteiger partial charge in [0.05, 0.1) is 11.7 Å². The first-order valence-electron chi connectivity index (χ1n) is 9.52. The van der Waals surface area contributed by atoms with Crippen LogP contribution in [0.3, 0.4) is 0 Å². The molecule has 0 aliphatic carbocycles. The maximum absolute atomic E-state index is 9.42. The van der Waals surface area contributed by atoms with Crippen molar-refractivity contribution >= 4 is 12.4 Å². The standard InChI is InChI=1S/C22H22N4O2.ClH/c1-14(2)27-20-6-5-18(12-19(20)13-23)22-25-21(26-28-22)17-4-3-15-7-9-24-10-8-16(15)11-17;/h3-6,11-12,14,24H,7-10H2,1-2H3;1H. The normalized spacial score (nSPS) is 13.2. The van der Waals surface area contributed by atoms with Crippen molar-refractivity contribution in [3.8, 4) is 34.7 Å². The summed E-state index contributed by atoms with van der Waals surface area (Å²) in [5.74, 6) is 1.50. The van der Waals surface area contributed by atoms with Crippen molar-refractivity contribution in [1.29, 1.82) is 5.26 Å². The second kappa shape index (κ2) is 9.08. The first-order chi connectivity index (χ1) is 13.6. The quantitative estimate of drug-likeness (QED) is 0.694. The Hall–Kier alpha value is -2.88. The average Bonchev–Trinajstić information content (AvgIpc) is 3.07. The lowest BCUT2D eigenvalue weighted by molar-refractivity contribution is 0.242. The van der Waals surface area contributed by atoms with Crippen LogP contribution < -0.4 is 10.1 Å². The molecule has 0 radical (unpaired) electrons. The summed E-state index contributed by atoms with van der Waals surface area (Å²) in [7, 11) is 0. The summed E-state index contributed by atoms with van der Waals surface area (Å²) >= 11 is 0. The van der Waals surface area contributed by atoms with E-state index in [9.17, 15) is 5.26 Å². The molecule has 29 heavy (non-hydrogen) atoms. The Balaban J connectivity index is 0.00000240. The van der Waals surface area contributed by atoms with E-state index in [4.69, 9.17) is 9.26 Å². The highest BCUT2D eigenvalue weighted by Crippen LogP contribution is 2.28. The topological polar surface area (TPSA) is 84.0 Å². The third kappa shape index (κ3) is 4.58. The van der Waals surface area contributed by atoms with Gasteiger partial charge in [-0.2, -0.15) is 10.2 Å². The van der Waals surface area contributed by atoms with Crippen LogP contribution in [0.5, 0.6) is 5.75 Å². The van der Waals surface area contributed by atoms with Crippen molar-refractivity contribution in [1.82, 2.24) is 15.5 Å².